The maximum absolute atomic E-state index is 12.4. The third kappa shape index (κ3) is 10.9. The maximum Gasteiger partial charge on any atom is 0.352 e. The standard InChI is InChI=1S/C31H43NO5S/c1-4-5-6-7-8-9-10-13-26-14-16-27(17-15-26)31(30(35)36,37-25(3)34)22-11-12-23-38-29-20-18-28(19-21-29)32-24(2)33/h14-21H,4-13,22-23H2,1-3H3,(H,32,33)(H,35,36). The third-order valence-corrected chi connectivity index (χ3v) is 7.62. The van der Waals surface area contributed by atoms with E-state index in [0.29, 0.717) is 12.0 Å². The van der Waals surface area contributed by atoms with Gasteiger partial charge >= 0.3 is 11.9 Å². The number of hydrogen-bond acceptors (Lipinski definition) is 5. The lowest BCUT2D eigenvalue weighted by Crippen LogP contribution is -2.40. The molecule has 0 aliphatic carbocycles. The summed E-state index contributed by atoms with van der Waals surface area (Å²) in [6.07, 6.45) is 11.3. The predicted molar refractivity (Wildman–Crippen MR) is 155 cm³/mol. The molecule has 38 heavy (non-hydrogen) atoms. The Morgan fingerprint density at radius 3 is 2.05 bits per heavy atom. The molecule has 6 nitrogen and oxygen atoms in total. The predicted octanol–water partition coefficient (Wildman–Crippen LogP) is 7.74. The summed E-state index contributed by atoms with van der Waals surface area (Å²) < 4.78 is 5.50. The van der Waals surface area contributed by atoms with Crippen LogP contribution >= 0.6 is 11.8 Å². The van der Waals surface area contributed by atoms with Gasteiger partial charge in [-0.15, -0.1) is 11.8 Å². The number of nitrogens with one attached hydrogen (secondary N) is 1. The van der Waals surface area contributed by atoms with Crippen LogP contribution in [-0.2, 0) is 31.1 Å². The van der Waals surface area contributed by atoms with Crippen molar-refractivity contribution in [2.75, 3.05) is 11.1 Å². The molecule has 0 aromatic heterocycles. The van der Waals surface area contributed by atoms with Crippen LogP contribution in [0.15, 0.2) is 53.4 Å². The number of hydrogen-bond donors (Lipinski definition) is 2. The molecule has 0 aliphatic heterocycles. The van der Waals surface area contributed by atoms with E-state index in [1.54, 1.807) is 23.9 Å². The Labute approximate surface area is 231 Å². The molecule has 1 atom stereocenters. The Morgan fingerprint density at radius 2 is 1.47 bits per heavy atom. The lowest BCUT2D eigenvalue weighted by atomic mass is 9.87. The van der Waals surface area contributed by atoms with Crippen LogP contribution in [0.2, 0.25) is 0 Å². The number of carbonyl (C=O) groups excluding carboxylic acids is 2. The molecule has 0 saturated heterocycles. The number of thioether (sulfide) groups is 1. The number of carboxylic acids is 1. The zero-order valence-corrected chi connectivity index (χ0v) is 23.9. The lowest BCUT2D eigenvalue weighted by Gasteiger charge is -2.29. The van der Waals surface area contributed by atoms with E-state index in [4.69, 9.17) is 4.74 Å². The highest BCUT2D eigenvalue weighted by molar-refractivity contribution is 7.99. The first-order valence-corrected chi connectivity index (χ1v) is 14.8. The van der Waals surface area contributed by atoms with Crippen molar-refractivity contribution < 1.29 is 24.2 Å². The maximum atomic E-state index is 12.4. The number of rotatable bonds is 18. The summed E-state index contributed by atoms with van der Waals surface area (Å²) in [5, 5.41) is 12.9. The van der Waals surface area contributed by atoms with Crippen LogP contribution in [0.1, 0.15) is 96.1 Å². The summed E-state index contributed by atoms with van der Waals surface area (Å²) in [5.74, 6) is -1.06. The van der Waals surface area contributed by atoms with E-state index >= 15 is 0 Å². The smallest absolute Gasteiger partial charge is 0.352 e. The van der Waals surface area contributed by atoms with Crippen LogP contribution in [-0.4, -0.2) is 28.7 Å². The summed E-state index contributed by atoms with van der Waals surface area (Å²) in [5.41, 5.74) is 0.742. The summed E-state index contributed by atoms with van der Waals surface area (Å²) in [4.78, 5) is 36.6. The van der Waals surface area contributed by atoms with Gasteiger partial charge in [0, 0.05) is 36.4 Å². The van der Waals surface area contributed by atoms with Crippen LogP contribution in [0, 0.1) is 0 Å². The van der Waals surface area contributed by atoms with Crippen molar-refractivity contribution >= 4 is 35.3 Å². The zero-order valence-electron chi connectivity index (χ0n) is 23.1. The topological polar surface area (TPSA) is 92.7 Å². The number of benzene rings is 2. The molecule has 0 aliphatic rings. The SMILES string of the molecule is CCCCCCCCCc1ccc(C(CCCCSc2ccc(NC(C)=O)cc2)(OC(C)=O)C(=O)O)cc1. The van der Waals surface area contributed by atoms with Crippen molar-refractivity contribution in [2.24, 2.45) is 0 Å². The highest BCUT2D eigenvalue weighted by atomic mass is 32.2. The molecule has 0 bridgehead atoms. The van der Waals surface area contributed by atoms with Crippen molar-refractivity contribution in [1.82, 2.24) is 0 Å². The van der Waals surface area contributed by atoms with E-state index in [1.165, 1.54) is 57.9 Å². The molecule has 208 valence electrons. The molecule has 1 amide bonds. The van der Waals surface area contributed by atoms with Crippen molar-refractivity contribution in [2.45, 2.75) is 102 Å². The zero-order chi connectivity index (χ0) is 27.8. The van der Waals surface area contributed by atoms with Crippen LogP contribution in [0.25, 0.3) is 0 Å². The number of carbonyl (C=O) groups is 3. The van der Waals surface area contributed by atoms with E-state index < -0.39 is 17.5 Å². The van der Waals surface area contributed by atoms with E-state index in [2.05, 4.69) is 12.2 Å². The van der Waals surface area contributed by atoms with Crippen molar-refractivity contribution in [3.05, 3.63) is 59.7 Å². The average molecular weight is 542 g/mol. The highest BCUT2D eigenvalue weighted by Crippen LogP contribution is 2.34. The van der Waals surface area contributed by atoms with Gasteiger partial charge in [-0.05, 0) is 61.3 Å². The summed E-state index contributed by atoms with van der Waals surface area (Å²) >= 11 is 1.67. The molecule has 0 fully saturated rings. The number of carboxylic acid groups (broad SMARTS) is 1. The van der Waals surface area contributed by atoms with Crippen LogP contribution < -0.4 is 5.32 Å². The molecule has 0 heterocycles. The lowest BCUT2D eigenvalue weighted by molar-refractivity contribution is -0.180. The van der Waals surface area contributed by atoms with Crippen molar-refractivity contribution in [3.8, 4) is 0 Å². The number of anilines is 1. The molecule has 7 heteroatoms. The summed E-state index contributed by atoms with van der Waals surface area (Å²) in [6.45, 7) is 4.95. The average Bonchev–Trinajstić information content (AvgIpc) is 2.88. The first-order valence-electron chi connectivity index (χ1n) is 13.8. The van der Waals surface area contributed by atoms with Gasteiger partial charge in [0.2, 0.25) is 11.5 Å². The van der Waals surface area contributed by atoms with Gasteiger partial charge in [-0.1, -0.05) is 69.7 Å². The normalized spacial score (nSPS) is 12.5. The number of ether oxygens (including phenoxy) is 1. The van der Waals surface area contributed by atoms with E-state index in [-0.39, 0.29) is 12.3 Å². The van der Waals surface area contributed by atoms with Gasteiger partial charge < -0.3 is 15.2 Å². The Kier molecular flexibility index (Phi) is 14.0. The van der Waals surface area contributed by atoms with Crippen LogP contribution in [0.3, 0.4) is 0 Å². The Hall–Kier alpha value is -2.80. The minimum atomic E-state index is -1.69. The summed E-state index contributed by atoms with van der Waals surface area (Å²) in [6, 6.07) is 15.2. The number of aryl methyl sites for hydroxylation is 1. The highest BCUT2D eigenvalue weighted by Gasteiger charge is 2.43. The second-order valence-electron chi connectivity index (χ2n) is 9.81. The Balaban J connectivity index is 1.92. The second kappa shape index (κ2) is 16.9. The molecule has 1 unspecified atom stereocenters. The number of esters is 1. The fraction of sp³-hybridized carbons (Fsp3) is 0.516. The van der Waals surface area contributed by atoms with Gasteiger partial charge in [0.05, 0.1) is 0 Å². The Bertz CT molecular complexity index is 1010. The van der Waals surface area contributed by atoms with Gasteiger partial charge in [0.15, 0.2) is 0 Å². The quantitative estimate of drug-likeness (QED) is 0.114. The van der Waals surface area contributed by atoms with Gasteiger partial charge in [-0.2, -0.15) is 0 Å². The van der Waals surface area contributed by atoms with Crippen molar-refractivity contribution in [3.63, 3.8) is 0 Å². The first-order chi connectivity index (χ1) is 18.3. The molecule has 0 saturated carbocycles. The molecule has 2 aromatic carbocycles. The number of amides is 1. The Morgan fingerprint density at radius 1 is 0.842 bits per heavy atom. The largest absolute Gasteiger partial charge is 0.478 e. The second-order valence-corrected chi connectivity index (χ2v) is 11.0. The molecule has 2 N–H and O–H groups in total. The molecule has 0 spiro atoms. The fourth-order valence-electron chi connectivity index (χ4n) is 4.50. The summed E-state index contributed by atoms with van der Waals surface area (Å²) in [7, 11) is 0. The van der Waals surface area contributed by atoms with Gasteiger partial charge in [-0.3, -0.25) is 9.59 Å². The third-order valence-electron chi connectivity index (χ3n) is 6.52. The molecular formula is C31H43NO5S. The van der Waals surface area contributed by atoms with E-state index in [0.717, 1.165) is 35.6 Å². The van der Waals surface area contributed by atoms with Gasteiger partial charge in [0.1, 0.15) is 0 Å². The van der Waals surface area contributed by atoms with E-state index in [9.17, 15) is 19.5 Å². The minimum absolute atomic E-state index is 0.108. The van der Waals surface area contributed by atoms with Crippen LogP contribution in [0.5, 0.6) is 0 Å². The monoisotopic (exact) mass is 541 g/mol. The van der Waals surface area contributed by atoms with Crippen LogP contribution in [0.4, 0.5) is 5.69 Å². The van der Waals surface area contributed by atoms with Crippen molar-refractivity contribution in [1.29, 1.82) is 0 Å². The number of unbranched alkanes of at least 4 members (excludes halogenated alkanes) is 7. The molecular weight excluding hydrogens is 498 g/mol. The van der Waals surface area contributed by atoms with Gasteiger partial charge in [-0.25, -0.2) is 4.79 Å². The molecule has 2 rings (SSSR count). The fourth-order valence-corrected chi connectivity index (χ4v) is 5.42. The minimum Gasteiger partial charge on any atom is -0.478 e. The molecule has 0 radical (unpaired) electrons. The molecule has 2 aromatic rings. The first kappa shape index (κ1) is 31.4. The van der Waals surface area contributed by atoms with Gasteiger partial charge in [0.25, 0.3) is 0 Å². The van der Waals surface area contributed by atoms with E-state index in [1.807, 2.05) is 36.4 Å². The number of aliphatic carboxylic acids is 1.